The van der Waals surface area contributed by atoms with Gasteiger partial charge in [-0.15, -0.1) is 0 Å². The van der Waals surface area contributed by atoms with Gasteiger partial charge in [0.1, 0.15) is 11.5 Å². The van der Waals surface area contributed by atoms with E-state index in [4.69, 9.17) is 4.74 Å². The van der Waals surface area contributed by atoms with Crippen molar-refractivity contribution in [2.75, 3.05) is 5.33 Å². The lowest BCUT2D eigenvalue weighted by molar-refractivity contribution is 0.481. The summed E-state index contributed by atoms with van der Waals surface area (Å²) in [5.74, 6) is 1.76. The molecule has 0 fully saturated rings. The summed E-state index contributed by atoms with van der Waals surface area (Å²) in [6.45, 7) is 4.22. The molecule has 18 heavy (non-hydrogen) atoms. The third-order valence-corrected chi connectivity index (χ3v) is 3.15. The Morgan fingerprint density at radius 3 is 2.17 bits per heavy atom. The van der Waals surface area contributed by atoms with E-state index in [0.29, 0.717) is 0 Å². The number of ether oxygens (including phenoxy) is 1. The van der Waals surface area contributed by atoms with Crippen LogP contribution < -0.4 is 4.74 Å². The molecule has 1 nitrogen and oxygen atoms in total. The molecule has 2 aromatic rings. The summed E-state index contributed by atoms with van der Waals surface area (Å²) in [6.07, 6.45) is 2.18. The number of hydrogen-bond donors (Lipinski definition) is 0. The fourth-order valence-corrected chi connectivity index (χ4v) is 2.34. The van der Waals surface area contributed by atoms with Crippen molar-refractivity contribution in [3.05, 3.63) is 65.6 Å². The van der Waals surface area contributed by atoms with Gasteiger partial charge in [0.25, 0.3) is 0 Å². The van der Waals surface area contributed by atoms with Crippen LogP contribution in [0, 0.1) is 20.3 Å². The second-order valence-corrected chi connectivity index (χ2v) is 4.89. The van der Waals surface area contributed by atoms with Crippen molar-refractivity contribution in [2.45, 2.75) is 13.8 Å². The van der Waals surface area contributed by atoms with Crippen molar-refractivity contribution < 1.29 is 4.74 Å². The highest BCUT2D eigenvalue weighted by Crippen LogP contribution is 2.27. The van der Waals surface area contributed by atoms with Gasteiger partial charge in [-0.3, -0.25) is 0 Å². The Kier molecular flexibility index (Phi) is 4.43. The van der Waals surface area contributed by atoms with E-state index in [2.05, 4.69) is 48.3 Å². The van der Waals surface area contributed by atoms with Crippen LogP contribution in [0.3, 0.4) is 0 Å². The molecule has 0 unspecified atom stereocenters. The molecule has 1 radical (unpaired) electrons. The summed E-state index contributed by atoms with van der Waals surface area (Å²) in [4.78, 5) is 0. The zero-order valence-electron chi connectivity index (χ0n) is 10.6. The van der Waals surface area contributed by atoms with Gasteiger partial charge in [-0.1, -0.05) is 34.1 Å². The molecule has 0 saturated carbocycles. The summed E-state index contributed by atoms with van der Waals surface area (Å²) in [6, 6.07) is 14.0. The summed E-state index contributed by atoms with van der Waals surface area (Å²) in [5.41, 5.74) is 3.76. The van der Waals surface area contributed by atoms with E-state index < -0.39 is 0 Å². The van der Waals surface area contributed by atoms with Crippen LogP contribution in [0.4, 0.5) is 0 Å². The van der Waals surface area contributed by atoms with Gasteiger partial charge < -0.3 is 4.74 Å². The zero-order chi connectivity index (χ0) is 13.0. The normalized spacial score (nSPS) is 10.4. The summed E-state index contributed by atoms with van der Waals surface area (Å²) in [5, 5.41) is 0.869. The Bertz CT molecular complexity index is 497. The number of alkyl halides is 1. The minimum absolute atomic E-state index is 0.869. The zero-order valence-corrected chi connectivity index (χ0v) is 12.2. The van der Waals surface area contributed by atoms with E-state index in [1.54, 1.807) is 0 Å². The molecule has 0 N–H and O–H groups in total. The molecule has 0 atom stereocenters. The molecule has 2 rings (SSSR count). The van der Waals surface area contributed by atoms with Gasteiger partial charge in [0.2, 0.25) is 0 Å². The van der Waals surface area contributed by atoms with Gasteiger partial charge in [0.15, 0.2) is 0 Å². The predicted molar refractivity (Wildman–Crippen MR) is 79.6 cm³/mol. The van der Waals surface area contributed by atoms with E-state index in [9.17, 15) is 0 Å². The maximum atomic E-state index is 5.85. The maximum Gasteiger partial charge on any atom is 0.127 e. The third kappa shape index (κ3) is 3.14. The highest BCUT2D eigenvalue weighted by Gasteiger charge is 2.06. The van der Waals surface area contributed by atoms with Gasteiger partial charge in [-0.05, 0) is 54.8 Å². The molecule has 0 saturated heterocycles. The lowest BCUT2D eigenvalue weighted by Crippen LogP contribution is -1.94. The molecule has 0 spiro atoms. The van der Waals surface area contributed by atoms with E-state index in [0.717, 1.165) is 16.8 Å². The van der Waals surface area contributed by atoms with Crippen LogP contribution in [-0.4, -0.2) is 5.33 Å². The average molecular weight is 304 g/mol. The van der Waals surface area contributed by atoms with Gasteiger partial charge in [-0.2, -0.15) is 0 Å². The number of halogens is 1. The first kappa shape index (κ1) is 13.2. The second kappa shape index (κ2) is 6.05. The van der Waals surface area contributed by atoms with E-state index in [-0.39, 0.29) is 0 Å². The van der Waals surface area contributed by atoms with Crippen molar-refractivity contribution in [1.29, 1.82) is 0 Å². The van der Waals surface area contributed by atoms with Crippen LogP contribution >= 0.6 is 15.9 Å². The highest BCUT2D eigenvalue weighted by atomic mass is 79.9. The molecule has 93 valence electrons. The summed E-state index contributed by atoms with van der Waals surface area (Å²) in [7, 11) is 0. The Balaban J connectivity index is 2.25. The Morgan fingerprint density at radius 2 is 1.61 bits per heavy atom. The molecular weight excluding hydrogens is 288 g/mol. The molecule has 0 heterocycles. The average Bonchev–Trinajstić information content (AvgIpc) is 2.35. The second-order valence-electron chi connectivity index (χ2n) is 4.24. The van der Waals surface area contributed by atoms with Gasteiger partial charge in [0, 0.05) is 11.8 Å². The number of aryl methyl sites for hydroxylation is 2. The molecule has 0 aliphatic carbocycles. The highest BCUT2D eigenvalue weighted by molar-refractivity contribution is 9.09. The first-order chi connectivity index (χ1) is 8.70. The minimum atomic E-state index is 0.869. The molecule has 0 aromatic heterocycles. The number of para-hydroxylation sites is 1. The number of benzene rings is 2. The molecule has 0 aliphatic rings. The number of rotatable bonds is 4. The number of hydrogen-bond acceptors (Lipinski definition) is 1. The molecular formula is C16H16BrO. The van der Waals surface area contributed by atoms with Crippen molar-refractivity contribution in [1.82, 2.24) is 0 Å². The van der Waals surface area contributed by atoms with Crippen LogP contribution in [0.2, 0.25) is 0 Å². The first-order valence-electron chi connectivity index (χ1n) is 5.94. The summed E-state index contributed by atoms with van der Waals surface area (Å²) >= 11 is 3.44. The van der Waals surface area contributed by atoms with E-state index in [1.807, 2.05) is 30.3 Å². The van der Waals surface area contributed by atoms with Gasteiger partial charge in [-0.25, -0.2) is 0 Å². The standard InChI is InChI=1S/C16H16BrO/c1-12-10-15(11-13(2)16(12)8-9-17)18-14-6-4-3-5-7-14/h3-8,10-11H,9H2,1-2H3. The third-order valence-electron chi connectivity index (χ3n) is 2.83. The Morgan fingerprint density at radius 1 is 1.00 bits per heavy atom. The van der Waals surface area contributed by atoms with Crippen LogP contribution in [0.5, 0.6) is 11.5 Å². The summed E-state index contributed by atoms with van der Waals surface area (Å²) < 4.78 is 5.85. The fraction of sp³-hybridized carbons (Fsp3) is 0.188. The Hall–Kier alpha value is -1.28. The molecule has 0 amide bonds. The monoisotopic (exact) mass is 303 g/mol. The van der Waals surface area contributed by atoms with Crippen molar-refractivity contribution in [3.8, 4) is 11.5 Å². The Labute approximate surface area is 117 Å². The van der Waals surface area contributed by atoms with Crippen LogP contribution in [0.1, 0.15) is 16.7 Å². The lowest BCUT2D eigenvalue weighted by Gasteiger charge is -2.12. The van der Waals surface area contributed by atoms with Crippen molar-refractivity contribution >= 4 is 15.9 Å². The van der Waals surface area contributed by atoms with Crippen LogP contribution in [0.25, 0.3) is 0 Å². The molecule has 2 aromatic carbocycles. The molecule has 0 aliphatic heterocycles. The maximum absolute atomic E-state index is 5.85. The predicted octanol–water partition coefficient (Wildman–Crippen LogP) is 5.04. The van der Waals surface area contributed by atoms with Gasteiger partial charge >= 0.3 is 0 Å². The topological polar surface area (TPSA) is 9.23 Å². The van der Waals surface area contributed by atoms with Gasteiger partial charge in [0.05, 0.1) is 0 Å². The molecule has 0 bridgehead atoms. The first-order valence-corrected chi connectivity index (χ1v) is 7.06. The fourth-order valence-electron chi connectivity index (χ4n) is 2.02. The molecule has 2 heteroatoms. The smallest absolute Gasteiger partial charge is 0.127 e. The van der Waals surface area contributed by atoms with E-state index in [1.165, 1.54) is 16.7 Å². The van der Waals surface area contributed by atoms with E-state index >= 15 is 0 Å². The van der Waals surface area contributed by atoms with Crippen LogP contribution in [0.15, 0.2) is 42.5 Å². The van der Waals surface area contributed by atoms with Crippen LogP contribution in [-0.2, 0) is 0 Å². The largest absolute Gasteiger partial charge is 0.457 e. The SMILES string of the molecule is Cc1cc(Oc2ccccc2)cc(C)c1[CH]CBr. The lowest BCUT2D eigenvalue weighted by atomic mass is 10.0. The van der Waals surface area contributed by atoms with Crippen molar-refractivity contribution in [3.63, 3.8) is 0 Å². The van der Waals surface area contributed by atoms with Crippen molar-refractivity contribution in [2.24, 2.45) is 0 Å². The minimum Gasteiger partial charge on any atom is -0.457 e. The quantitative estimate of drug-likeness (QED) is 0.719.